The lowest BCUT2D eigenvalue weighted by Gasteiger charge is -2.28. The van der Waals surface area contributed by atoms with Gasteiger partial charge in [0.2, 0.25) is 5.91 Å². The van der Waals surface area contributed by atoms with Crippen LogP contribution in [0.25, 0.3) is 0 Å². The summed E-state index contributed by atoms with van der Waals surface area (Å²) in [5.74, 6) is -0.362. The van der Waals surface area contributed by atoms with Gasteiger partial charge in [-0.05, 0) is 38.5 Å². The number of primary amides is 1. The third kappa shape index (κ3) is 3.71. The molecule has 0 aliphatic heterocycles. The maximum atomic E-state index is 11.1. The van der Waals surface area contributed by atoms with E-state index in [1.54, 1.807) is 6.92 Å². The highest BCUT2D eigenvalue weighted by Crippen LogP contribution is 2.28. The number of hydrogen-bond donors (Lipinski definition) is 2. The molecule has 0 saturated carbocycles. The Hall–Kier alpha value is -1.07. The predicted molar refractivity (Wildman–Crippen MR) is 76.5 cm³/mol. The molecule has 3 N–H and O–H groups in total. The molecule has 0 aromatic heterocycles. The first-order valence-electron chi connectivity index (χ1n) is 5.85. The minimum absolute atomic E-state index is 0.168. The van der Waals surface area contributed by atoms with Crippen LogP contribution in [-0.4, -0.2) is 23.6 Å². The van der Waals surface area contributed by atoms with Crippen molar-refractivity contribution in [3.8, 4) is 0 Å². The van der Waals surface area contributed by atoms with Crippen molar-refractivity contribution in [2.75, 3.05) is 11.4 Å². The number of nitrogens with two attached hydrogens (primary N) is 1. The van der Waals surface area contributed by atoms with Crippen molar-refractivity contribution in [2.45, 2.75) is 32.9 Å². The number of carbonyl (C=O) groups excluding carboxylic acids is 1. The Bertz CT molecular complexity index is 433. The summed E-state index contributed by atoms with van der Waals surface area (Å²) in [4.78, 5) is 13.0. The normalized spacial score (nSPS) is 12.6. The average Bonchev–Trinajstić information content (AvgIpc) is 2.24. The van der Waals surface area contributed by atoms with Crippen LogP contribution in [0.1, 0.15) is 32.4 Å². The highest BCUT2D eigenvalue weighted by molar-refractivity contribution is 9.10. The van der Waals surface area contributed by atoms with Crippen molar-refractivity contribution in [2.24, 2.45) is 5.73 Å². The maximum absolute atomic E-state index is 11.1. The second-order valence-corrected chi connectivity index (χ2v) is 5.42. The third-order valence-corrected chi connectivity index (χ3v) is 3.40. The average molecular weight is 315 g/mol. The molecule has 0 spiro atoms. The number of anilines is 1. The molecule has 5 heteroatoms. The number of rotatable bonds is 5. The molecule has 0 aliphatic rings. The molecule has 0 radical (unpaired) electrons. The van der Waals surface area contributed by atoms with Gasteiger partial charge >= 0.3 is 0 Å². The molecule has 1 aromatic carbocycles. The Balaban J connectivity index is 3.07. The Morgan fingerprint density at radius 1 is 1.44 bits per heavy atom. The molecule has 18 heavy (non-hydrogen) atoms. The lowest BCUT2D eigenvalue weighted by atomic mass is 10.1. The molecule has 100 valence electrons. The zero-order valence-electron chi connectivity index (χ0n) is 10.9. The van der Waals surface area contributed by atoms with E-state index in [1.165, 1.54) is 0 Å². The number of hydrogen-bond acceptors (Lipinski definition) is 3. The van der Waals surface area contributed by atoms with Crippen molar-refractivity contribution in [3.63, 3.8) is 0 Å². The van der Waals surface area contributed by atoms with E-state index in [4.69, 9.17) is 5.73 Å². The molecular formula is C13H19BrN2O2. The van der Waals surface area contributed by atoms with Gasteiger partial charge in [0.25, 0.3) is 0 Å². The van der Waals surface area contributed by atoms with E-state index in [9.17, 15) is 9.90 Å². The zero-order valence-corrected chi connectivity index (χ0v) is 12.4. The van der Waals surface area contributed by atoms with E-state index in [2.05, 4.69) is 15.9 Å². The van der Waals surface area contributed by atoms with E-state index in [-0.39, 0.29) is 18.5 Å². The predicted octanol–water partition coefficient (Wildman–Crippen LogP) is 2.20. The summed E-state index contributed by atoms with van der Waals surface area (Å²) >= 11 is 3.43. The summed E-state index contributed by atoms with van der Waals surface area (Å²) in [6.45, 7) is 5.89. The van der Waals surface area contributed by atoms with Gasteiger partial charge in [0.1, 0.15) is 0 Å². The number of halogens is 1. The molecular weight excluding hydrogens is 296 g/mol. The quantitative estimate of drug-likeness (QED) is 0.875. The van der Waals surface area contributed by atoms with Gasteiger partial charge in [-0.2, -0.15) is 0 Å². The van der Waals surface area contributed by atoms with Crippen LogP contribution in [0.2, 0.25) is 0 Å². The molecule has 0 fully saturated rings. The lowest BCUT2D eigenvalue weighted by molar-refractivity contribution is -0.116. The van der Waals surface area contributed by atoms with Gasteiger partial charge in [-0.1, -0.05) is 22.0 Å². The highest BCUT2D eigenvalue weighted by atomic mass is 79.9. The van der Waals surface area contributed by atoms with Gasteiger partial charge < -0.3 is 15.7 Å². The van der Waals surface area contributed by atoms with Crippen LogP contribution in [-0.2, 0) is 4.79 Å². The minimum Gasteiger partial charge on any atom is -0.389 e. The fraction of sp³-hybridized carbons (Fsp3) is 0.462. The van der Waals surface area contributed by atoms with E-state index in [0.29, 0.717) is 0 Å². The monoisotopic (exact) mass is 314 g/mol. The largest absolute Gasteiger partial charge is 0.389 e. The summed E-state index contributed by atoms with van der Waals surface area (Å²) in [5.41, 5.74) is 6.98. The van der Waals surface area contributed by atoms with E-state index in [0.717, 1.165) is 15.7 Å². The van der Waals surface area contributed by atoms with Crippen LogP contribution in [0.3, 0.4) is 0 Å². The molecule has 1 aromatic rings. The SMILES string of the molecule is CC(C)N(CC(N)=O)c1ccc([C@@H](C)O)c(Br)c1. The van der Waals surface area contributed by atoms with Gasteiger partial charge in [0.05, 0.1) is 12.6 Å². The molecule has 0 saturated heterocycles. The Labute approximate surface area is 116 Å². The molecule has 1 atom stereocenters. The third-order valence-electron chi connectivity index (χ3n) is 2.72. The highest BCUT2D eigenvalue weighted by Gasteiger charge is 2.15. The molecule has 1 amide bonds. The summed E-state index contributed by atoms with van der Waals surface area (Å²) < 4.78 is 0.824. The smallest absolute Gasteiger partial charge is 0.236 e. The van der Waals surface area contributed by atoms with E-state index >= 15 is 0 Å². The maximum Gasteiger partial charge on any atom is 0.236 e. The number of carbonyl (C=O) groups is 1. The van der Waals surface area contributed by atoms with Crippen LogP contribution < -0.4 is 10.6 Å². The summed E-state index contributed by atoms with van der Waals surface area (Å²) in [6, 6.07) is 5.79. The summed E-state index contributed by atoms with van der Waals surface area (Å²) in [7, 11) is 0. The fourth-order valence-electron chi connectivity index (χ4n) is 1.77. The van der Waals surface area contributed by atoms with Gasteiger partial charge in [0.15, 0.2) is 0 Å². The number of nitrogens with zero attached hydrogens (tertiary/aromatic N) is 1. The van der Waals surface area contributed by atoms with Gasteiger partial charge in [-0.25, -0.2) is 0 Å². The second-order valence-electron chi connectivity index (χ2n) is 4.57. The second kappa shape index (κ2) is 6.20. The summed E-state index contributed by atoms with van der Waals surface area (Å²) in [5, 5.41) is 9.57. The van der Waals surface area contributed by atoms with E-state index < -0.39 is 6.10 Å². The molecule has 4 nitrogen and oxygen atoms in total. The molecule has 0 unspecified atom stereocenters. The van der Waals surface area contributed by atoms with Crippen molar-refractivity contribution in [3.05, 3.63) is 28.2 Å². The Morgan fingerprint density at radius 3 is 2.44 bits per heavy atom. The molecule has 0 heterocycles. The first-order valence-corrected chi connectivity index (χ1v) is 6.64. The van der Waals surface area contributed by atoms with Gasteiger partial charge in [-0.3, -0.25) is 4.79 Å². The van der Waals surface area contributed by atoms with Gasteiger partial charge in [-0.15, -0.1) is 0 Å². The van der Waals surface area contributed by atoms with Crippen molar-refractivity contribution < 1.29 is 9.90 Å². The van der Waals surface area contributed by atoms with Crippen LogP contribution in [0.5, 0.6) is 0 Å². The Morgan fingerprint density at radius 2 is 2.06 bits per heavy atom. The summed E-state index contributed by atoms with van der Waals surface area (Å²) in [6.07, 6.45) is -0.530. The van der Waals surface area contributed by atoms with Crippen LogP contribution in [0, 0.1) is 0 Å². The van der Waals surface area contributed by atoms with Crippen LogP contribution >= 0.6 is 15.9 Å². The van der Waals surface area contributed by atoms with Crippen molar-refractivity contribution in [1.82, 2.24) is 0 Å². The van der Waals surface area contributed by atoms with Crippen LogP contribution in [0.15, 0.2) is 22.7 Å². The topological polar surface area (TPSA) is 66.6 Å². The zero-order chi connectivity index (χ0) is 13.9. The molecule has 1 rings (SSSR count). The van der Waals surface area contributed by atoms with Crippen LogP contribution in [0.4, 0.5) is 5.69 Å². The minimum atomic E-state index is -0.530. The lowest BCUT2D eigenvalue weighted by Crippen LogP contribution is -2.38. The number of aliphatic hydroxyl groups is 1. The Kier molecular flexibility index (Phi) is 5.16. The number of amides is 1. The standard InChI is InChI=1S/C13H19BrN2O2/c1-8(2)16(7-13(15)18)10-4-5-11(9(3)17)12(14)6-10/h4-6,8-9,17H,7H2,1-3H3,(H2,15,18)/t9-/m1/s1. The molecule has 0 bridgehead atoms. The number of benzene rings is 1. The molecule has 0 aliphatic carbocycles. The fourth-order valence-corrected chi connectivity index (χ4v) is 2.47. The number of aliphatic hydroxyl groups excluding tert-OH is 1. The van der Waals surface area contributed by atoms with Crippen molar-refractivity contribution in [1.29, 1.82) is 0 Å². The first-order chi connectivity index (χ1) is 8.32. The first kappa shape index (κ1) is 15.0. The van der Waals surface area contributed by atoms with Crippen molar-refractivity contribution >= 4 is 27.5 Å². The van der Waals surface area contributed by atoms with E-state index in [1.807, 2.05) is 36.9 Å². The van der Waals surface area contributed by atoms with Gasteiger partial charge in [0, 0.05) is 16.2 Å².